The number of hydrogen-bond donors (Lipinski definition) is 0. The highest BCUT2D eigenvalue weighted by molar-refractivity contribution is 8.00. The van der Waals surface area contributed by atoms with Crippen molar-refractivity contribution in [2.75, 3.05) is 6.61 Å². The minimum Gasteiger partial charge on any atom is -0.465 e. The van der Waals surface area contributed by atoms with E-state index in [0.29, 0.717) is 22.3 Å². The second-order valence-electron chi connectivity index (χ2n) is 4.96. The molecule has 0 saturated carbocycles. The van der Waals surface area contributed by atoms with Crippen LogP contribution in [0.5, 0.6) is 0 Å². The Hall–Kier alpha value is -2.12. The lowest BCUT2D eigenvalue weighted by molar-refractivity contribution is -0.142. The van der Waals surface area contributed by atoms with Crippen LogP contribution in [0.4, 0.5) is 0 Å². The number of halogens is 1. The summed E-state index contributed by atoms with van der Waals surface area (Å²) in [5.74, 6) is -0.267. The molecule has 124 valence electrons. The molecule has 0 aliphatic rings. The van der Waals surface area contributed by atoms with E-state index in [2.05, 4.69) is 15.1 Å². The first-order chi connectivity index (χ1) is 11.6. The number of carbonyl (C=O) groups excluding carboxylic acids is 1. The van der Waals surface area contributed by atoms with Gasteiger partial charge < -0.3 is 4.74 Å². The largest absolute Gasteiger partial charge is 0.465 e. The van der Waals surface area contributed by atoms with Crippen LogP contribution in [0.15, 0.2) is 41.8 Å². The third-order valence-electron chi connectivity index (χ3n) is 3.29. The zero-order chi connectivity index (χ0) is 17.1. The van der Waals surface area contributed by atoms with Gasteiger partial charge in [-0.25, -0.2) is 14.6 Å². The van der Waals surface area contributed by atoms with Crippen LogP contribution in [-0.4, -0.2) is 37.6 Å². The predicted molar refractivity (Wildman–Crippen MR) is 93.6 cm³/mol. The first-order valence-electron chi connectivity index (χ1n) is 7.38. The summed E-state index contributed by atoms with van der Waals surface area (Å²) in [5.41, 5.74) is 1.47. The highest BCUT2D eigenvalue weighted by Gasteiger charge is 2.19. The highest BCUT2D eigenvalue weighted by Crippen LogP contribution is 2.29. The van der Waals surface area contributed by atoms with Crippen LogP contribution >= 0.6 is 23.4 Å². The maximum absolute atomic E-state index is 11.8. The summed E-state index contributed by atoms with van der Waals surface area (Å²) in [4.78, 5) is 20.4. The lowest BCUT2D eigenvalue weighted by Crippen LogP contribution is -2.16. The van der Waals surface area contributed by atoms with E-state index < -0.39 is 0 Å². The quantitative estimate of drug-likeness (QED) is 0.393. The number of benzene rings is 1. The fourth-order valence-electron chi connectivity index (χ4n) is 2.19. The van der Waals surface area contributed by atoms with Gasteiger partial charge in [0.25, 0.3) is 0 Å². The molecule has 1 aromatic carbocycles. The van der Waals surface area contributed by atoms with Crippen LogP contribution < -0.4 is 0 Å². The Balaban J connectivity index is 1.96. The number of esters is 1. The van der Waals surface area contributed by atoms with E-state index in [1.165, 1.54) is 18.1 Å². The van der Waals surface area contributed by atoms with Gasteiger partial charge in [-0.3, -0.25) is 4.79 Å². The van der Waals surface area contributed by atoms with Gasteiger partial charge in [-0.1, -0.05) is 29.4 Å². The van der Waals surface area contributed by atoms with Gasteiger partial charge in [-0.2, -0.15) is 5.10 Å². The Morgan fingerprint density at radius 1 is 1.42 bits per heavy atom. The van der Waals surface area contributed by atoms with Gasteiger partial charge in [0.1, 0.15) is 16.6 Å². The molecule has 0 N–H and O–H groups in total. The van der Waals surface area contributed by atoms with Gasteiger partial charge in [-0.15, -0.1) is 0 Å². The van der Waals surface area contributed by atoms with Crippen LogP contribution in [0.2, 0.25) is 5.02 Å². The van der Waals surface area contributed by atoms with E-state index in [9.17, 15) is 4.79 Å². The second kappa shape index (κ2) is 7.19. The molecule has 8 heteroatoms. The van der Waals surface area contributed by atoms with Crippen LogP contribution in [-0.2, 0) is 9.53 Å². The van der Waals surface area contributed by atoms with Crippen LogP contribution in [0, 0.1) is 0 Å². The molecule has 0 spiro atoms. The molecular formula is C16H15ClN4O2S. The van der Waals surface area contributed by atoms with Gasteiger partial charge in [0.15, 0.2) is 5.65 Å². The van der Waals surface area contributed by atoms with Crippen molar-refractivity contribution in [3.63, 3.8) is 0 Å². The topological polar surface area (TPSA) is 69.9 Å². The minimum atomic E-state index is -0.363. The van der Waals surface area contributed by atoms with Crippen molar-refractivity contribution in [2.24, 2.45) is 0 Å². The molecule has 2 aromatic heterocycles. The van der Waals surface area contributed by atoms with Gasteiger partial charge in [0.2, 0.25) is 0 Å². The number of thioether (sulfide) groups is 1. The van der Waals surface area contributed by atoms with E-state index in [1.54, 1.807) is 30.8 Å². The predicted octanol–water partition coefficient (Wildman–Crippen LogP) is 3.51. The number of carbonyl (C=O) groups is 1. The van der Waals surface area contributed by atoms with E-state index in [0.717, 1.165) is 11.1 Å². The lowest BCUT2D eigenvalue weighted by Gasteiger charge is -2.10. The normalized spacial score (nSPS) is 12.3. The number of aromatic nitrogens is 4. The van der Waals surface area contributed by atoms with Crippen LogP contribution in [0.25, 0.3) is 16.7 Å². The molecule has 1 atom stereocenters. The van der Waals surface area contributed by atoms with Gasteiger partial charge in [0, 0.05) is 5.02 Å². The van der Waals surface area contributed by atoms with Crippen molar-refractivity contribution in [3.8, 4) is 5.69 Å². The van der Waals surface area contributed by atoms with Crippen molar-refractivity contribution in [3.05, 3.63) is 41.8 Å². The molecule has 0 aliphatic heterocycles. The number of ether oxygens (including phenoxy) is 1. The third kappa shape index (κ3) is 3.37. The molecule has 2 heterocycles. The zero-order valence-corrected chi connectivity index (χ0v) is 14.7. The molecule has 24 heavy (non-hydrogen) atoms. The Kier molecular flexibility index (Phi) is 5.01. The summed E-state index contributed by atoms with van der Waals surface area (Å²) >= 11 is 7.38. The molecule has 0 saturated heterocycles. The van der Waals surface area contributed by atoms with E-state index in [-0.39, 0.29) is 11.2 Å². The molecule has 0 amide bonds. The number of hydrogen-bond acceptors (Lipinski definition) is 6. The highest BCUT2D eigenvalue weighted by atomic mass is 35.5. The van der Waals surface area contributed by atoms with Gasteiger partial charge in [-0.05, 0) is 32.0 Å². The molecule has 0 radical (unpaired) electrons. The van der Waals surface area contributed by atoms with Gasteiger partial charge in [0.05, 0.1) is 23.9 Å². The molecule has 0 aliphatic carbocycles. The Bertz CT molecular complexity index is 883. The van der Waals surface area contributed by atoms with E-state index in [1.807, 2.05) is 18.2 Å². The summed E-state index contributed by atoms with van der Waals surface area (Å²) < 4.78 is 6.73. The van der Waals surface area contributed by atoms with E-state index >= 15 is 0 Å². The molecule has 0 fully saturated rings. The summed E-state index contributed by atoms with van der Waals surface area (Å²) in [6, 6.07) is 7.36. The summed E-state index contributed by atoms with van der Waals surface area (Å²) in [6.07, 6.45) is 3.15. The summed E-state index contributed by atoms with van der Waals surface area (Å²) in [5, 5.41) is 6.10. The molecule has 3 aromatic rings. The molecule has 3 rings (SSSR count). The fraction of sp³-hybridized carbons (Fsp3) is 0.250. The number of fused-ring (bicyclic) bond motifs is 1. The first-order valence-corrected chi connectivity index (χ1v) is 8.64. The average Bonchev–Trinajstić information content (AvgIpc) is 3.00. The van der Waals surface area contributed by atoms with Crippen molar-refractivity contribution < 1.29 is 9.53 Å². The van der Waals surface area contributed by atoms with Crippen LogP contribution in [0.1, 0.15) is 13.8 Å². The number of nitrogens with zero attached hydrogens (tertiary/aromatic N) is 4. The second-order valence-corrected chi connectivity index (χ2v) is 6.73. The smallest absolute Gasteiger partial charge is 0.319 e. The SMILES string of the molecule is CCOC(=O)C(C)Sc1ncnc2c1cnn2-c1cccc(Cl)c1. The van der Waals surface area contributed by atoms with Crippen LogP contribution in [0.3, 0.4) is 0 Å². The minimum absolute atomic E-state index is 0.267. The standard InChI is InChI=1S/C16H15ClN4O2S/c1-3-23-16(22)10(2)24-15-13-8-20-21(14(13)18-9-19-15)12-6-4-5-11(17)7-12/h4-10H,3H2,1-2H3. The zero-order valence-electron chi connectivity index (χ0n) is 13.1. The molecule has 6 nitrogen and oxygen atoms in total. The Morgan fingerprint density at radius 2 is 2.25 bits per heavy atom. The maximum Gasteiger partial charge on any atom is 0.319 e. The third-order valence-corrected chi connectivity index (χ3v) is 4.62. The van der Waals surface area contributed by atoms with Crippen molar-refractivity contribution in [2.45, 2.75) is 24.1 Å². The van der Waals surface area contributed by atoms with Gasteiger partial charge >= 0.3 is 5.97 Å². The summed E-state index contributed by atoms with van der Waals surface area (Å²) in [6.45, 7) is 3.93. The van der Waals surface area contributed by atoms with Crippen molar-refractivity contribution in [1.82, 2.24) is 19.7 Å². The average molecular weight is 363 g/mol. The Morgan fingerprint density at radius 3 is 3.00 bits per heavy atom. The monoisotopic (exact) mass is 362 g/mol. The molecule has 0 bridgehead atoms. The summed E-state index contributed by atoms with van der Waals surface area (Å²) in [7, 11) is 0. The van der Waals surface area contributed by atoms with Crippen molar-refractivity contribution >= 4 is 40.4 Å². The molecule has 1 unspecified atom stereocenters. The first kappa shape index (κ1) is 16.7. The number of rotatable bonds is 5. The maximum atomic E-state index is 11.8. The van der Waals surface area contributed by atoms with E-state index in [4.69, 9.17) is 16.3 Å². The Labute approximate surface area is 148 Å². The molecular weight excluding hydrogens is 348 g/mol. The van der Waals surface area contributed by atoms with Crippen molar-refractivity contribution in [1.29, 1.82) is 0 Å². The fourth-order valence-corrected chi connectivity index (χ4v) is 3.25. The lowest BCUT2D eigenvalue weighted by atomic mass is 10.3.